The lowest BCUT2D eigenvalue weighted by Crippen LogP contribution is -2.25. The highest BCUT2D eigenvalue weighted by molar-refractivity contribution is 6.31. The number of aromatic nitrogens is 2. The molecule has 0 bridgehead atoms. The van der Waals surface area contributed by atoms with Crippen LogP contribution < -0.4 is 4.74 Å². The van der Waals surface area contributed by atoms with Crippen LogP contribution in [0.5, 0.6) is 5.75 Å². The number of fused-ring (bicyclic) bond motifs is 1. The fourth-order valence-electron chi connectivity index (χ4n) is 3.29. The first-order chi connectivity index (χ1) is 13.1. The smallest absolute Gasteiger partial charge is 0.147 e. The average molecular weight is 386 g/mol. The molecule has 3 aromatic rings. The highest BCUT2D eigenvalue weighted by Gasteiger charge is 2.12. The van der Waals surface area contributed by atoms with E-state index in [9.17, 15) is 0 Å². The third kappa shape index (κ3) is 5.02. The van der Waals surface area contributed by atoms with Crippen LogP contribution in [-0.2, 0) is 13.2 Å². The number of rotatable bonds is 9. The minimum absolute atomic E-state index is 0.445. The van der Waals surface area contributed by atoms with Crippen LogP contribution in [0.4, 0.5) is 0 Å². The van der Waals surface area contributed by atoms with E-state index in [-0.39, 0.29) is 0 Å². The molecule has 0 unspecified atom stereocenters. The molecular weight excluding hydrogens is 358 g/mol. The summed E-state index contributed by atoms with van der Waals surface area (Å²) in [6.45, 7) is 11.1. The van der Waals surface area contributed by atoms with E-state index < -0.39 is 0 Å². The lowest BCUT2D eigenvalue weighted by Gasteiger charge is -2.18. The number of halogens is 1. The van der Waals surface area contributed by atoms with Crippen molar-refractivity contribution in [3.63, 3.8) is 0 Å². The second-order valence-corrected chi connectivity index (χ2v) is 7.23. The summed E-state index contributed by atoms with van der Waals surface area (Å²) in [5.74, 6) is 1.80. The lowest BCUT2D eigenvalue weighted by atomic mass is 10.2. The zero-order valence-electron chi connectivity index (χ0n) is 16.4. The molecule has 0 N–H and O–H groups in total. The van der Waals surface area contributed by atoms with Crippen molar-refractivity contribution in [3.05, 3.63) is 58.9 Å². The van der Waals surface area contributed by atoms with Gasteiger partial charge in [0.1, 0.15) is 18.2 Å². The Bertz CT molecular complexity index is 869. The van der Waals surface area contributed by atoms with Gasteiger partial charge in [-0.2, -0.15) is 0 Å². The van der Waals surface area contributed by atoms with Crippen LogP contribution in [0.25, 0.3) is 11.0 Å². The first-order valence-electron chi connectivity index (χ1n) is 9.67. The average Bonchev–Trinajstić information content (AvgIpc) is 3.01. The minimum atomic E-state index is 0.445. The Kier molecular flexibility index (Phi) is 6.75. The molecule has 0 radical (unpaired) electrons. The van der Waals surface area contributed by atoms with Crippen molar-refractivity contribution in [2.24, 2.45) is 0 Å². The molecule has 3 rings (SSSR count). The number of ether oxygens (including phenoxy) is 1. The third-order valence-corrected chi connectivity index (χ3v) is 5.16. The third-order valence-electron chi connectivity index (χ3n) is 4.93. The van der Waals surface area contributed by atoms with Crippen molar-refractivity contribution in [3.8, 4) is 5.75 Å². The number of imidazole rings is 1. The molecule has 1 heterocycles. The molecule has 0 aliphatic heterocycles. The van der Waals surface area contributed by atoms with Crippen LogP contribution in [0.3, 0.4) is 0 Å². The maximum atomic E-state index is 6.16. The summed E-state index contributed by atoms with van der Waals surface area (Å²) >= 11 is 6.16. The van der Waals surface area contributed by atoms with Crippen LogP contribution in [-0.4, -0.2) is 34.1 Å². The number of aryl methyl sites for hydroxylation is 2. The van der Waals surface area contributed by atoms with E-state index >= 15 is 0 Å². The molecule has 0 atom stereocenters. The Morgan fingerprint density at radius 1 is 1.07 bits per heavy atom. The van der Waals surface area contributed by atoms with E-state index in [1.165, 1.54) is 5.56 Å². The second kappa shape index (κ2) is 9.25. The van der Waals surface area contributed by atoms with Gasteiger partial charge in [0.15, 0.2) is 0 Å². The number of benzene rings is 2. The highest BCUT2D eigenvalue weighted by Crippen LogP contribution is 2.22. The van der Waals surface area contributed by atoms with Gasteiger partial charge in [-0.3, -0.25) is 0 Å². The predicted molar refractivity (Wildman–Crippen MR) is 113 cm³/mol. The molecule has 144 valence electrons. The predicted octanol–water partition coefficient (Wildman–Crippen LogP) is 5.31. The van der Waals surface area contributed by atoms with Crippen LogP contribution >= 0.6 is 11.6 Å². The van der Waals surface area contributed by atoms with Crippen molar-refractivity contribution < 1.29 is 4.74 Å². The van der Waals surface area contributed by atoms with E-state index in [0.29, 0.717) is 11.6 Å². The van der Waals surface area contributed by atoms with Crippen LogP contribution in [0.15, 0.2) is 42.5 Å². The molecular formula is C22H28ClN3O. The van der Waals surface area contributed by atoms with Gasteiger partial charge >= 0.3 is 0 Å². The van der Waals surface area contributed by atoms with Gasteiger partial charge in [0, 0.05) is 11.6 Å². The molecule has 0 aliphatic carbocycles. The minimum Gasteiger partial charge on any atom is -0.486 e. The second-order valence-electron chi connectivity index (χ2n) is 6.79. The largest absolute Gasteiger partial charge is 0.486 e. The van der Waals surface area contributed by atoms with E-state index in [1.54, 1.807) is 0 Å². The highest BCUT2D eigenvalue weighted by atomic mass is 35.5. The fraction of sp³-hybridized carbons (Fsp3) is 0.409. The Morgan fingerprint density at radius 3 is 2.52 bits per heavy atom. The van der Waals surface area contributed by atoms with E-state index in [4.69, 9.17) is 21.3 Å². The zero-order valence-corrected chi connectivity index (χ0v) is 17.2. The number of hydrogen-bond donors (Lipinski definition) is 0. The Balaban J connectivity index is 1.78. The van der Waals surface area contributed by atoms with Gasteiger partial charge in [-0.25, -0.2) is 4.98 Å². The maximum Gasteiger partial charge on any atom is 0.147 e. The summed E-state index contributed by atoms with van der Waals surface area (Å²) in [7, 11) is 0. The van der Waals surface area contributed by atoms with Gasteiger partial charge in [0.05, 0.1) is 11.0 Å². The quantitative estimate of drug-likeness (QED) is 0.500. The van der Waals surface area contributed by atoms with Crippen molar-refractivity contribution in [2.45, 2.75) is 40.3 Å². The molecule has 5 heteroatoms. The molecule has 0 saturated heterocycles. The van der Waals surface area contributed by atoms with E-state index in [1.807, 2.05) is 24.3 Å². The maximum absolute atomic E-state index is 6.16. The van der Waals surface area contributed by atoms with Gasteiger partial charge in [-0.1, -0.05) is 43.1 Å². The Hall–Kier alpha value is -2.04. The molecule has 1 aromatic heterocycles. The summed E-state index contributed by atoms with van der Waals surface area (Å²) in [6, 6.07) is 14.0. The summed E-state index contributed by atoms with van der Waals surface area (Å²) < 4.78 is 8.26. The van der Waals surface area contributed by atoms with Crippen molar-refractivity contribution in [1.82, 2.24) is 14.5 Å². The fourth-order valence-corrected chi connectivity index (χ4v) is 3.45. The van der Waals surface area contributed by atoms with Crippen molar-refractivity contribution in [1.29, 1.82) is 0 Å². The number of hydrogen-bond acceptors (Lipinski definition) is 3. The van der Waals surface area contributed by atoms with Crippen molar-refractivity contribution >= 4 is 22.6 Å². The van der Waals surface area contributed by atoms with Crippen molar-refractivity contribution in [2.75, 3.05) is 19.6 Å². The van der Waals surface area contributed by atoms with E-state index in [0.717, 1.165) is 55.2 Å². The van der Waals surface area contributed by atoms with Gasteiger partial charge in [-0.05, 0) is 63.3 Å². The van der Waals surface area contributed by atoms with Crippen LogP contribution in [0.2, 0.25) is 5.02 Å². The normalized spacial score (nSPS) is 11.4. The molecule has 27 heavy (non-hydrogen) atoms. The molecule has 4 nitrogen and oxygen atoms in total. The van der Waals surface area contributed by atoms with Gasteiger partial charge in [0.2, 0.25) is 0 Å². The number of nitrogens with zero attached hydrogens (tertiary/aromatic N) is 3. The molecule has 2 aromatic carbocycles. The zero-order chi connectivity index (χ0) is 19.2. The van der Waals surface area contributed by atoms with E-state index in [2.05, 4.69) is 48.4 Å². The van der Waals surface area contributed by atoms with Gasteiger partial charge in [0.25, 0.3) is 0 Å². The van der Waals surface area contributed by atoms with Crippen LogP contribution in [0.1, 0.15) is 31.7 Å². The Morgan fingerprint density at radius 2 is 1.81 bits per heavy atom. The first-order valence-corrected chi connectivity index (χ1v) is 10.0. The SMILES string of the molecule is CCN(CC)CCCn1c(COc2ccc(C)cc2)nc2cc(Cl)ccc21. The Labute approximate surface area is 166 Å². The molecule has 0 saturated carbocycles. The lowest BCUT2D eigenvalue weighted by molar-refractivity contribution is 0.279. The van der Waals surface area contributed by atoms with Gasteiger partial charge < -0.3 is 14.2 Å². The summed E-state index contributed by atoms with van der Waals surface area (Å²) in [5, 5.41) is 0.710. The summed E-state index contributed by atoms with van der Waals surface area (Å²) in [5.41, 5.74) is 3.26. The molecule has 0 aliphatic rings. The standard InChI is InChI=1S/C22H28ClN3O/c1-4-25(5-2)13-6-14-26-21-12-9-18(23)15-20(21)24-22(26)16-27-19-10-7-17(3)8-11-19/h7-12,15H,4-6,13-14,16H2,1-3H3. The molecule has 0 amide bonds. The molecule has 0 spiro atoms. The monoisotopic (exact) mass is 385 g/mol. The van der Waals surface area contributed by atoms with Crippen LogP contribution in [0, 0.1) is 6.92 Å². The summed E-state index contributed by atoms with van der Waals surface area (Å²) in [4.78, 5) is 7.23. The topological polar surface area (TPSA) is 30.3 Å². The van der Waals surface area contributed by atoms with Gasteiger partial charge in [-0.15, -0.1) is 0 Å². The summed E-state index contributed by atoms with van der Waals surface area (Å²) in [6.07, 6.45) is 1.08. The molecule has 0 fully saturated rings. The first kappa shape index (κ1) is 19.7.